The van der Waals surface area contributed by atoms with Gasteiger partial charge in [0.2, 0.25) is 0 Å². The van der Waals surface area contributed by atoms with Crippen LogP contribution in [0, 0.1) is 11.7 Å². The fourth-order valence-electron chi connectivity index (χ4n) is 2.91. The molecular weight excluding hydrogens is 448 g/mol. The summed E-state index contributed by atoms with van der Waals surface area (Å²) in [7, 11) is 0. The number of alkyl halides is 3. The lowest BCUT2D eigenvalue weighted by Crippen LogP contribution is -2.53. The minimum atomic E-state index is -4.45. The van der Waals surface area contributed by atoms with Gasteiger partial charge in [0.1, 0.15) is 12.4 Å². The SMILES string of the molecule is O=C(c1ccccc1F)n1nc(C2NCC2C(F)(F)F)nc1OCc1ccc(Cl)s1. The molecule has 2 aromatic heterocycles. The third-order valence-electron chi connectivity index (χ3n) is 4.52. The Bertz CT molecular complexity index is 1080. The van der Waals surface area contributed by atoms with E-state index in [4.69, 9.17) is 16.3 Å². The Labute approximate surface area is 176 Å². The molecule has 4 rings (SSSR count). The first-order valence-corrected chi connectivity index (χ1v) is 9.87. The average Bonchev–Trinajstić information content (AvgIpc) is 3.23. The summed E-state index contributed by atoms with van der Waals surface area (Å²) in [5.74, 6) is -3.66. The van der Waals surface area contributed by atoms with Crippen LogP contribution in [0.25, 0.3) is 0 Å². The van der Waals surface area contributed by atoms with E-state index < -0.39 is 29.9 Å². The van der Waals surface area contributed by atoms with Gasteiger partial charge >= 0.3 is 12.2 Å². The normalized spacial score (nSPS) is 18.8. The van der Waals surface area contributed by atoms with E-state index in [0.717, 1.165) is 6.07 Å². The topological polar surface area (TPSA) is 69.0 Å². The zero-order valence-corrected chi connectivity index (χ0v) is 16.6. The van der Waals surface area contributed by atoms with Crippen LogP contribution >= 0.6 is 22.9 Å². The lowest BCUT2D eigenvalue weighted by Gasteiger charge is -2.37. The van der Waals surface area contributed by atoms with E-state index in [9.17, 15) is 22.4 Å². The minimum absolute atomic E-state index is 0.0408. The molecule has 2 atom stereocenters. The van der Waals surface area contributed by atoms with Crippen LogP contribution in [0.2, 0.25) is 4.34 Å². The van der Waals surface area contributed by atoms with E-state index >= 15 is 0 Å². The average molecular weight is 461 g/mol. The monoisotopic (exact) mass is 460 g/mol. The van der Waals surface area contributed by atoms with Gasteiger partial charge in [0.05, 0.1) is 21.9 Å². The maximum absolute atomic E-state index is 14.1. The van der Waals surface area contributed by atoms with Gasteiger partial charge in [-0.3, -0.25) is 4.79 Å². The number of nitrogens with one attached hydrogen (secondary N) is 1. The van der Waals surface area contributed by atoms with Crippen molar-refractivity contribution in [3.8, 4) is 6.01 Å². The standard InChI is InChI=1S/C18H13ClF4N4O2S/c19-13-6-5-9(30-13)8-29-17-25-15(14-11(7-24-14)18(21,22)23)26-27(17)16(28)10-3-1-2-4-12(10)20/h1-6,11,14,24H,7-8H2. The number of hydrogen-bond donors (Lipinski definition) is 1. The van der Waals surface area contributed by atoms with Gasteiger partial charge in [0.25, 0.3) is 5.91 Å². The summed E-state index contributed by atoms with van der Waals surface area (Å²) in [6.45, 7) is -0.325. The summed E-state index contributed by atoms with van der Waals surface area (Å²) >= 11 is 7.10. The zero-order chi connectivity index (χ0) is 21.5. The number of thiophene rings is 1. The van der Waals surface area contributed by atoms with Crippen molar-refractivity contribution in [2.75, 3.05) is 6.54 Å². The van der Waals surface area contributed by atoms with Crippen molar-refractivity contribution in [1.29, 1.82) is 0 Å². The second kappa shape index (κ2) is 7.97. The molecule has 30 heavy (non-hydrogen) atoms. The van der Waals surface area contributed by atoms with Crippen LogP contribution in [0.5, 0.6) is 6.01 Å². The van der Waals surface area contributed by atoms with Crippen molar-refractivity contribution in [1.82, 2.24) is 20.1 Å². The Morgan fingerprint density at radius 3 is 2.67 bits per heavy atom. The van der Waals surface area contributed by atoms with Gasteiger partial charge in [-0.15, -0.1) is 21.1 Å². The Balaban J connectivity index is 1.66. The maximum atomic E-state index is 14.1. The zero-order valence-electron chi connectivity index (χ0n) is 15.0. The quantitative estimate of drug-likeness (QED) is 0.577. The van der Waals surface area contributed by atoms with Gasteiger partial charge in [-0.1, -0.05) is 23.7 Å². The minimum Gasteiger partial charge on any atom is -0.458 e. The molecule has 0 bridgehead atoms. The van der Waals surface area contributed by atoms with Crippen LogP contribution in [0.3, 0.4) is 0 Å². The third-order valence-corrected chi connectivity index (χ3v) is 5.73. The van der Waals surface area contributed by atoms with E-state index in [1.54, 1.807) is 12.1 Å². The lowest BCUT2D eigenvalue weighted by molar-refractivity contribution is -0.201. The molecule has 2 unspecified atom stereocenters. The highest BCUT2D eigenvalue weighted by Crippen LogP contribution is 2.40. The number of ether oxygens (including phenoxy) is 1. The second-order valence-electron chi connectivity index (χ2n) is 6.48. The fraction of sp³-hybridized carbons (Fsp3) is 0.278. The van der Waals surface area contributed by atoms with Crippen LogP contribution in [-0.2, 0) is 6.61 Å². The van der Waals surface area contributed by atoms with Crippen LogP contribution in [0.1, 0.15) is 27.1 Å². The van der Waals surface area contributed by atoms with Crippen molar-refractivity contribution in [3.05, 3.63) is 62.8 Å². The Morgan fingerprint density at radius 2 is 2.07 bits per heavy atom. The summed E-state index contributed by atoms with van der Waals surface area (Å²) in [6, 6.07) is 6.97. The van der Waals surface area contributed by atoms with E-state index in [1.807, 2.05) is 0 Å². The predicted octanol–water partition coefficient (Wildman–Crippen LogP) is 4.22. The number of aromatic nitrogens is 3. The summed E-state index contributed by atoms with van der Waals surface area (Å²) in [4.78, 5) is 17.5. The highest BCUT2D eigenvalue weighted by molar-refractivity contribution is 7.16. The van der Waals surface area contributed by atoms with Crippen molar-refractivity contribution < 1.29 is 27.1 Å². The molecule has 1 aliphatic rings. The van der Waals surface area contributed by atoms with E-state index in [0.29, 0.717) is 13.9 Å². The molecule has 158 valence electrons. The number of halogens is 5. The summed E-state index contributed by atoms with van der Waals surface area (Å²) in [5, 5.41) is 6.52. The smallest absolute Gasteiger partial charge is 0.394 e. The van der Waals surface area contributed by atoms with E-state index in [1.165, 1.54) is 29.5 Å². The Hall–Kier alpha value is -2.50. The fourth-order valence-corrected chi connectivity index (χ4v) is 3.91. The van der Waals surface area contributed by atoms with Gasteiger partial charge in [0, 0.05) is 11.4 Å². The first kappa shape index (κ1) is 20.8. The molecule has 0 aliphatic carbocycles. The number of benzene rings is 1. The van der Waals surface area contributed by atoms with Crippen molar-refractivity contribution >= 4 is 28.8 Å². The van der Waals surface area contributed by atoms with Crippen molar-refractivity contribution in [3.63, 3.8) is 0 Å². The molecule has 1 N–H and O–H groups in total. The Morgan fingerprint density at radius 1 is 1.30 bits per heavy atom. The highest BCUT2D eigenvalue weighted by atomic mass is 35.5. The van der Waals surface area contributed by atoms with Crippen LogP contribution in [0.4, 0.5) is 17.6 Å². The largest absolute Gasteiger partial charge is 0.458 e. The molecule has 0 radical (unpaired) electrons. The third kappa shape index (κ3) is 4.05. The van der Waals surface area contributed by atoms with Gasteiger partial charge in [0.15, 0.2) is 5.82 Å². The molecule has 6 nitrogen and oxygen atoms in total. The number of carbonyl (C=O) groups is 1. The molecule has 3 aromatic rings. The lowest BCUT2D eigenvalue weighted by atomic mass is 9.90. The van der Waals surface area contributed by atoms with Crippen molar-refractivity contribution in [2.24, 2.45) is 5.92 Å². The van der Waals surface area contributed by atoms with Crippen LogP contribution in [0.15, 0.2) is 36.4 Å². The summed E-state index contributed by atoms with van der Waals surface area (Å²) in [6.07, 6.45) is -4.45. The first-order valence-electron chi connectivity index (χ1n) is 8.67. The van der Waals surface area contributed by atoms with Gasteiger partial charge in [-0.2, -0.15) is 18.2 Å². The molecule has 1 aromatic carbocycles. The van der Waals surface area contributed by atoms with E-state index in [2.05, 4.69) is 15.4 Å². The highest BCUT2D eigenvalue weighted by Gasteiger charge is 2.52. The molecule has 1 aliphatic heterocycles. The number of carbonyl (C=O) groups excluding carboxylic acids is 1. The van der Waals surface area contributed by atoms with Crippen LogP contribution < -0.4 is 10.1 Å². The van der Waals surface area contributed by atoms with E-state index in [-0.39, 0.29) is 30.5 Å². The number of hydrogen-bond acceptors (Lipinski definition) is 6. The first-order chi connectivity index (χ1) is 14.2. The molecule has 0 spiro atoms. The summed E-state index contributed by atoms with van der Waals surface area (Å²) in [5.41, 5.74) is -0.313. The molecule has 0 amide bonds. The molecule has 12 heteroatoms. The maximum Gasteiger partial charge on any atom is 0.394 e. The molecular formula is C18H13ClF4N4O2S. The Kier molecular flexibility index (Phi) is 5.51. The van der Waals surface area contributed by atoms with Gasteiger partial charge in [-0.25, -0.2) is 4.39 Å². The molecule has 0 saturated carbocycles. The number of rotatable bonds is 5. The second-order valence-corrected chi connectivity index (χ2v) is 8.28. The number of nitrogens with zero attached hydrogens (tertiary/aromatic N) is 3. The predicted molar refractivity (Wildman–Crippen MR) is 100 cm³/mol. The van der Waals surface area contributed by atoms with Crippen LogP contribution in [-0.4, -0.2) is 33.4 Å². The molecule has 1 saturated heterocycles. The molecule has 1 fully saturated rings. The van der Waals surface area contributed by atoms with Gasteiger partial charge in [-0.05, 0) is 24.3 Å². The van der Waals surface area contributed by atoms with Gasteiger partial charge < -0.3 is 10.1 Å². The van der Waals surface area contributed by atoms with Crippen molar-refractivity contribution in [2.45, 2.75) is 18.8 Å². The molecule has 3 heterocycles. The summed E-state index contributed by atoms with van der Waals surface area (Å²) < 4.78 is 60.2.